The zero-order chi connectivity index (χ0) is 35.0. The second-order valence-electron chi connectivity index (χ2n) is 11.1. The highest BCUT2D eigenvalue weighted by atomic mass is 16.3. The molecule has 0 atom stereocenters. The predicted molar refractivity (Wildman–Crippen MR) is 190 cm³/mol. The summed E-state index contributed by atoms with van der Waals surface area (Å²) in [7, 11) is 0. The van der Waals surface area contributed by atoms with Gasteiger partial charge in [-0.2, -0.15) is 0 Å². The summed E-state index contributed by atoms with van der Waals surface area (Å²) >= 11 is 0. The molecule has 1 heterocycles. The van der Waals surface area contributed by atoms with E-state index in [1.54, 1.807) is 0 Å². The summed E-state index contributed by atoms with van der Waals surface area (Å²) in [4.78, 5) is 0. The lowest BCUT2D eigenvalue weighted by Crippen LogP contribution is -1.93. The molecular formula is C44H28O. The number of rotatable bonds is 4. The molecule has 0 aliphatic heterocycles. The van der Waals surface area contributed by atoms with Crippen LogP contribution >= 0.6 is 0 Å². The summed E-state index contributed by atoms with van der Waals surface area (Å²) < 4.78 is 60.6. The fourth-order valence-corrected chi connectivity index (χ4v) is 6.73. The maximum atomic E-state index is 9.73. The minimum absolute atomic E-state index is 0.00134. The van der Waals surface area contributed by atoms with Crippen LogP contribution in [-0.2, 0) is 0 Å². The Bertz CT molecular complexity index is 2800. The first kappa shape index (κ1) is 20.1. The van der Waals surface area contributed by atoms with E-state index in [-0.39, 0.29) is 46.8 Å². The summed E-state index contributed by atoms with van der Waals surface area (Å²) in [6, 6.07) is 42.7. The summed E-state index contributed by atoms with van der Waals surface area (Å²) in [6.45, 7) is 0. The van der Waals surface area contributed by atoms with Crippen molar-refractivity contribution < 1.29 is 12.6 Å². The molecule has 8 aromatic carbocycles. The molecule has 0 aliphatic carbocycles. The Morgan fingerprint density at radius 3 is 1.47 bits per heavy atom. The van der Waals surface area contributed by atoms with Crippen molar-refractivity contribution in [3.05, 3.63) is 170 Å². The van der Waals surface area contributed by atoms with Gasteiger partial charge in [0.05, 0.1) is 8.22 Å². The number of benzene rings is 8. The van der Waals surface area contributed by atoms with Crippen molar-refractivity contribution in [2.45, 2.75) is 0 Å². The van der Waals surface area contributed by atoms with E-state index in [1.807, 2.05) is 97.1 Å². The van der Waals surface area contributed by atoms with Crippen molar-refractivity contribution in [2.24, 2.45) is 0 Å². The van der Waals surface area contributed by atoms with Crippen LogP contribution in [0.3, 0.4) is 0 Å². The largest absolute Gasteiger partial charge is 0.455 e. The zero-order valence-electron chi connectivity index (χ0n) is 30.1. The quantitative estimate of drug-likeness (QED) is 0.189. The molecule has 0 unspecified atom stereocenters. The highest BCUT2D eigenvalue weighted by molar-refractivity contribution is 6.27. The Hall–Kier alpha value is -5.92. The van der Waals surface area contributed by atoms with Gasteiger partial charge in [0.15, 0.2) is 0 Å². The number of para-hydroxylation sites is 1. The van der Waals surface area contributed by atoms with Crippen molar-refractivity contribution in [1.82, 2.24) is 0 Å². The van der Waals surface area contributed by atoms with Crippen LogP contribution in [-0.4, -0.2) is 0 Å². The molecule has 1 nitrogen and oxygen atoms in total. The van der Waals surface area contributed by atoms with Gasteiger partial charge in [0, 0.05) is 16.3 Å². The van der Waals surface area contributed by atoms with Gasteiger partial charge >= 0.3 is 0 Å². The van der Waals surface area contributed by atoms with Crippen LogP contribution in [0.1, 0.15) is 8.22 Å². The second kappa shape index (κ2) is 10.4. The van der Waals surface area contributed by atoms with Gasteiger partial charge in [-0.15, -0.1) is 0 Å². The van der Waals surface area contributed by atoms with E-state index < -0.39 is 6.04 Å². The van der Waals surface area contributed by atoms with Gasteiger partial charge in [-0.3, -0.25) is 0 Å². The lowest BCUT2D eigenvalue weighted by molar-refractivity contribution is 0.670. The van der Waals surface area contributed by atoms with Crippen LogP contribution in [0, 0.1) is 0 Å². The standard InChI is InChI=1S/C44H28O/c1-3-15-29(16-4-1)31-19-7-8-20-33(31)41-34-21-9-11-23-36(34)42(37-24-12-10-22-35(37)41)39-28-27-32(30-17-5-2-6-18-30)44-43(39)38-25-13-14-26-40(38)45-44/h1-28H/i13D,14D,25D,26D,27D,28D. The van der Waals surface area contributed by atoms with Crippen LogP contribution in [0.2, 0.25) is 0 Å². The van der Waals surface area contributed by atoms with Crippen LogP contribution in [0.4, 0.5) is 0 Å². The van der Waals surface area contributed by atoms with Crippen LogP contribution < -0.4 is 0 Å². The average Bonchev–Trinajstić information content (AvgIpc) is 3.57. The van der Waals surface area contributed by atoms with Crippen LogP contribution in [0.15, 0.2) is 174 Å². The Morgan fingerprint density at radius 2 is 0.844 bits per heavy atom. The molecule has 9 aromatic rings. The van der Waals surface area contributed by atoms with E-state index in [4.69, 9.17) is 9.90 Å². The fraction of sp³-hybridized carbons (Fsp3) is 0. The molecule has 0 bridgehead atoms. The van der Waals surface area contributed by atoms with Crippen molar-refractivity contribution in [3.8, 4) is 44.5 Å². The Balaban J connectivity index is 1.51. The third-order valence-corrected chi connectivity index (χ3v) is 8.65. The first-order valence-corrected chi connectivity index (χ1v) is 15.0. The van der Waals surface area contributed by atoms with Crippen molar-refractivity contribution in [1.29, 1.82) is 0 Å². The highest BCUT2D eigenvalue weighted by Gasteiger charge is 2.22. The summed E-state index contributed by atoms with van der Waals surface area (Å²) in [5.74, 6) is 0. The Kier molecular flexibility index (Phi) is 4.63. The lowest BCUT2D eigenvalue weighted by atomic mass is 9.83. The molecule has 45 heavy (non-hydrogen) atoms. The van der Waals surface area contributed by atoms with Gasteiger partial charge in [-0.1, -0.05) is 158 Å². The normalized spacial score (nSPS) is 13.4. The van der Waals surface area contributed by atoms with E-state index in [1.165, 1.54) is 0 Å². The zero-order valence-corrected chi connectivity index (χ0v) is 24.1. The van der Waals surface area contributed by atoms with Gasteiger partial charge in [-0.25, -0.2) is 0 Å². The van der Waals surface area contributed by atoms with E-state index in [0.717, 1.165) is 43.8 Å². The minimum atomic E-state index is -0.399. The van der Waals surface area contributed by atoms with Crippen molar-refractivity contribution >= 4 is 43.5 Å². The van der Waals surface area contributed by atoms with E-state index in [9.17, 15) is 2.74 Å². The van der Waals surface area contributed by atoms with Crippen LogP contribution in [0.25, 0.3) is 88.0 Å². The molecule has 1 heteroatoms. The first-order chi connectivity index (χ1) is 24.9. The topological polar surface area (TPSA) is 13.1 Å². The van der Waals surface area contributed by atoms with Gasteiger partial charge in [0.1, 0.15) is 11.2 Å². The van der Waals surface area contributed by atoms with Crippen molar-refractivity contribution in [2.75, 3.05) is 0 Å². The van der Waals surface area contributed by atoms with Crippen molar-refractivity contribution in [3.63, 3.8) is 0 Å². The number of hydrogen-bond acceptors (Lipinski definition) is 1. The average molecular weight is 579 g/mol. The molecule has 0 radical (unpaired) electrons. The summed E-state index contributed by atoms with van der Waals surface area (Å²) in [5.41, 5.74) is 6.66. The first-order valence-electron chi connectivity index (χ1n) is 18.0. The van der Waals surface area contributed by atoms with E-state index in [0.29, 0.717) is 27.6 Å². The molecule has 210 valence electrons. The smallest absolute Gasteiger partial charge is 0.143 e. The number of hydrogen-bond donors (Lipinski definition) is 0. The third-order valence-electron chi connectivity index (χ3n) is 8.65. The third kappa shape index (κ3) is 4.02. The summed E-state index contributed by atoms with van der Waals surface area (Å²) in [5, 5.41) is 4.20. The Morgan fingerprint density at radius 1 is 0.378 bits per heavy atom. The maximum Gasteiger partial charge on any atom is 0.143 e. The van der Waals surface area contributed by atoms with E-state index in [2.05, 4.69) is 36.4 Å². The predicted octanol–water partition coefficient (Wildman–Crippen LogP) is 12.6. The minimum Gasteiger partial charge on any atom is -0.455 e. The van der Waals surface area contributed by atoms with Gasteiger partial charge in [0.2, 0.25) is 0 Å². The molecule has 0 spiro atoms. The molecule has 0 amide bonds. The Labute approximate surface area is 270 Å². The monoisotopic (exact) mass is 578 g/mol. The number of furan rings is 1. The molecule has 0 aliphatic rings. The molecule has 0 saturated heterocycles. The molecule has 9 rings (SSSR count). The number of fused-ring (bicyclic) bond motifs is 5. The van der Waals surface area contributed by atoms with E-state index >= 15 is 0 Å². The molecular weight excluding hydrogens is 544 g/mol. The van der Waals surface area contributed by atoms with Gasteiger partial charge in [-0.05, 0) is 72.6 Å². The SMILES string of the molecule is [2H]c1c([2H])c([2H])c2c(oc3c(-c4ccccc4)c([2H])c([2H])c(-c4c5ccccc5c(-c5ccccc5-c5ccccc5)c5ccccc45)c32)c1[2H]. The molecule has 0 saturated carbocycles. The summed E-state index contributed by atoms with van der Waals surface area (Å²) in [6.07, 6.45) is 0. The van der Waals surface area contributed by atoms with Crippen LogP contribution in [0.5, 0.6) is 0 Å². The molecule has 0 fully saturated rings. The fourth-order valence-electron chi connectivity index (χ4n) is 6.73. The van der Waals surface area contributed by atoms with Gasteiger partial charge < -0.3 is 4.42 Å². The van der Waals surface area contributed by atoms with Gasteiger partial charge in [0.25, 0.3) is 0 Å². The molecule has 0 N–H and O–H groups in total. The molecule has 1 aromatic heterocycles. The lowest BCUT2D eigenvalue weighted by Gasteiger charge is -2.20. The highest BCUT2D eigenvalue weighted by Crippen LogP contribution is 2.49. The second-order valence-corrected chi connectivity index (χ2v) is 11.1. The maximum absolute atomic E-state index is 9.73.